The molecule has 96 valence electrons. The molecule has 2 aliphatic rings. The number of aliphatic imine (C=N–C) groups is 3. The van der Waals surface area contributed by atoms with Gasteiger partial charge < -0.3 is 0 Å². The molecule has 0 spiro atoms. The number of hydrogen-bond acceptors (Lipinski definition) is 6. The van der Waals surface area contributed by atoms with Crippen LogP contribution in [0.1, 0.15) is 0 Å². The molecule has 4 rings (SSSR count). The van der Waals surface area contributed by atoms with Gasteiger partial charge in [0.1, 0.15) is 30.8 Å². The van der Waals surface area contributed by atoms with Gasteiger partial charge in [-0.1, -0.05) is 0 Å². The van der Waals surface area contributed by atoms with Crippen molar-refractivity contribution in [1.82, 2.24) is 24.6 Å². The first-order chi connectivity index (χ1) is 9.90. The lowest BCUT2D eigenvalue weighted by atomic mass is 10.2. The monoisotopic (exact) mass is 265 g/mol. The summed E-state index contributed by atoms with van der Waals surface area (Å²) < 4.78 is 0.206. The van der Waals surface area contributed by atoms with Crippen molar-refractivity contribution in [3.8, 4) is 11.3 Å². The molecule has 0 aromatic carbocycles. The standard InChI is InChI=1S/C12H9N8/c1-9(2-14-5-13-1)12-10(3-18-19-12)20-7-15-4-11(20)17-6-16-8-20/h1-8H,(H,18,19)/q+1. The van der Waals surface area contributed by atoms with Crippen molar-refractivity contribution < 1.29 is 0 Å². The first-order valence-corrected chi connectivity index (χ1v) is 5.90. The van der Waals surface area contributed by atoms with Crippen molar-refractivity contribution in [2.24, 2.45) is 15.0 Å². The summed E-state index contributed by atoms with van der Waals surface area (Å²) in [7, 11) is 0. The Labute approximate surface area is 113 Å². The van der Waals surface area contributed by atoms with Gasteiger partial charge in [0.15, 0.2) is 5.69 Å². The molecule has 1 N–H and O–H groups in total. The first-order valence-electron chi connectivity index (χ1n) is 5.90. The average molecular weight is 265 g/mol. The molecule has 1 unspecified atom stereocenters. The van der Waals surface area contributed by atoms with E-state index in [0.29, 0.717) is 0 Å². The van der Waals surface area contributed by atoms with Gasteiger partial charge in [-0.3, -0.25) is 5.10 Å². The van der Waals surface area contributed by atoms with E-state index in [1.807, 2.05) is 0 Å². The van der Waals surface area contributed by atoms with Crippen LogP contribution >= 0.6 is 0 Å². The molecule has 4 heterocycles. The minimum atomic E-state index is 0.206. The summed E-state index contributed by atoms with van der Waals surface area (Å²) in [6.07, 6.45) is 13.4. The number of H-pyrrole nitrogens is 1. The largest absolute Gasteiger partial charge is 0.272 e. The Kier molecular flexibility index (Phi) is 2.18. The van der Waals surface area contributed by atoms with Gasteiger partial charge in [-0.25, -0.2) is 15.0 Å². The minimum Gasteiger partial charge on any atom is -0.272 e. The topological polar surface area (TPSA) is 91.5 Å². The van der Waals surface area contributed by atoms with E-state index in [1.54, 1.807) is 37.5 Å². The number of quaternary nitrogens is 1. The van der Waals surface area contributed by atoms with Crippen LogP contribution in [0, 0.1) is 0 Å². The second-order valence-corrected chi connectivity index (χ2v) is 4.30. The summed E-state index contributed by atoms with van der Waals surface area (Å²) in [5.41, 5.74) is 2.52. The Morgan fingerprint density at radius 1 is 1.00 bits per heavy atom. The van der Waals surface area contributed by atoms with Crippen molar-refractivity contribution >= 4 is 24.7 Å². The molecule has 20 heavy (non-hydrogen) atoms. The highest BCUT2D eigenvalue weighted by molar-refractivity contribution is 6.04. The van der Waals surface area contributed by atoms with Gasteiger partial charge in [0.25, 0.3) is 5.82 Å². The van der Waals surface area contributed by atoms with Crippen LogP contribution in [0.25, 0.3) is 11.3 Å². The molecule has 2 aromatic rings. The van der Waals surface area contributed by atoms with Gasteiger partial charge in [-0.05, 0) is 0 Å². The Bertz CT molecular complexity index is 770. The van der Waals surface area contributed by atoms with E-state index in [2.05, 4.69) is 35.1 Å². The Morgan fingerprint density at radius 2 is 1.85 bits per heavy atom. The lowest BCUT2D eigenvalue weighted by molar-refractivity contribution is 0.750. The van der Waals surface area contributed by atoms with Crippen molar-refractivity contribution in [2.75, 3.05) is 0 Å². The third kappa shape index (κ3) is 1.39. The zero-order valence-electron chi connectivity index (χ0n) is 10.2. The van der Waals surface area contributed by atoms with E-state index in [4.69, 9.17) is 0 Å². The molecule has 0 saturated heterocycles. The molecule has 0 fully saturated rings. The quantitative estimate of drug-likeness (QED) is 0.824. The van der Waals surface area contributed by atoms with Crippen LogP contribution in [0.2, 0.25) is 0 Å². The molecule has 2 aliphatic heterocycles. The molecule has 0 radical (unpaired) electrons. The number of nitrogens with zero attached hydrogens (tertiary/aromatic N) is 7. The SMILES string of the molecule is C1=NC=NC2=CN=C[N+]12c1cn[nH]c1-c1cncnc1. The van der Waals surface area contributed by atoms with Gasteiger partial charge >= 0.3 is 0 Å². The number of aromatic nitrogens is 4. The third-order valence-electron chi connectivity index (χ3n) is 3.19. The Morgan fingerprint density at radius 3 is 2.75 bits per heavy atom. The van der Waals surface area contributed by atoms with Gasteiger partial charge in [0.2, 0.25) is 12.7 Å². The van der Waals surface area contributed by atoms with Crippen LogP contribution in [-0.2, 0) is 0 Å². The van der Waals surface area contributed by atoms with Crippen LogP contribution in [0.4, 0.5) is 5.69 Å². The highest BCUT2D eigenvalue weighted by atomic mass is 15.5. The van der Waals surface area contributed by atoms with E-state index in [0.717, 1.165) is 22.8 Å². The highest BCUT2D eigenvalue weighted by Gasteiger charge is 2.41. The lowest BCUT2D eigenvalue weighted by Crippen LogP contribution is -2.44. The second-order valence-electron chi connectivity index (χ2n) is 4.30. The van der Waals surface area contributed by atoms with E-state index in [1.165, 1.54) is 12.7 Å². The number of hydrogen-bond donors (Lipinski definition) is 1. The van der Waals surface area contributed by atoms with Gasteiger partial charge in [0, 0.05) is 18.0 Å². The van der Waals surface area contributed by atoms with E-state index in [9.17, 15) is 0 Å². The molecule has 1 atom stereocenters. The van der Waals surface area contributed by atoms with Crippen molar-refractivity contribution in [2.45, 2.75) is 0 Å². The zero-order chi connectivity index (χ0) is 13.4. The summed E-state index contributed by atoms with van der Waals surface area (Å²) in [5, 5.41) is 7.11. The summed E-state index contributed by atoms with van der Waals surface area (Å²) >= 11 is 0. The predicted octanol–water partition coefficient (Wildman–Crippen LogP) is 1.08. The van der Waals surface area contributed by atoms with Gasteiger partial charge in [-0.2, -0.15) is 19.6 Å². The summed E-state index contributed by atoms with van der Waals surface area (Å²) in [5.74, 6) is 0.763. The number of aromatic amines is 1. The summed E-state index contributed by atoms with van der Waals surface area (Å²) in [4.78, 5) is 20.7. The molecule has 8 heteroatoms. The van der Waals surface area contributed by atoms with Crippen LogP contribution in [0.5, 0.6) is 0 Å². The fourth-order valence-electron chi connectivity index (χ4n) is 2.25. The maximum atomic E-state index is 4.27. The normalized spacial score (nSPS) is 22.9. The smallest absolute Gasteiger partial charge is 0.265 e. The number of fused-ring (bicyclic) bond motifs is 1. The fraction of sp³-hybridized carbons (Fsp3) is 0. The Hall–Kier alpha value is -3.00. The lowest BCUT2D eigenvalue weighted by Gasteiger charge is -2.24. The van der Waals surface area contributed by atoms with Crippen LogP contribution < -0.4 is 4.48 Å². The van der Waals surface area contributed by atoms with Gasteiger partial charge in [0.05, 0.1) is 0 Å². The molecule has 0 bridgehead atoms. The molecule has 0 amide bonds. The maximum absolute atomic E-state index is 4.27. The summed E-state index contributed by atoms with van der Waals surface area (Å²) in [6, 6.07) is 0. The van der Waals surface area contributed by atoms with Crippen LogP contribution in [0.15, 0.2) is 51.9 Å². The molecule has 0 saturated carbocycles. The average Bonchev–Trinajstić information content (AvgIpc) is 3.15. The van der Waals surface area contributed by atoms with Gasteiger partial charge in [-0.15, -0.1) is 0 Å². The maximum Gasteiger partial charge on any atom is 0.265 e. The number of rotatable bonds is 2. The molecular formula is C12H9N8+. The summed E-state index contributed by atoms with van der Waals surface area (Å²) in [6.45, 7) is 0. The molecule has 2 aromatic heterocycles. The predicted molar refractivity (Wildman–Crippen MR) is 75.0 cm³/mol. The second kappa shape index (κ2) is 4.00. The Balaban J connectivity index is 1.91. The molecular weight excluding hydrogens is 256 g/mol. The van der Waals surface area contributed by atoms with E-state index in [-0.39, 0.29) is 4.48 Å². The van der Waals surface area contributed by atoms with E-state index < -0.39 is 0 Å². The molecule has 8 nitrogen and oxygen atoms in total. The highest BCUT2D eigenvalue weighted by Crippen LogP contribution is 2.37. The van der Waals surface area contributed by atoms with Crippen molar-refractivity contribution in [3.63, 3.8) is 0 Å². The van der Waals surface area contributed by atoms with Crippen molar-refractivity contribution in [1.29, 1.82) is 0 Å². The minimum absolute atomic E-state index is 0.206. The van der Waals surface area contributed by atoms with Crippen LogP contribution in [-0.4, -0.2) is 39.2 Å². The third-order valence-corrected chi connectivity index (χ3v) is 3.19. The van der Waals surface area contributed by atoms with Crippen LogP contribution in [0.3, 0.4) is 0 Å². The first kappa shape index (κ1) is 10.9. The number of nitrogens with one attached hydrogen (secondary N) is 1. The van der Waals surface area contributed by atoms with E-state index >= 15 is 0 Å². The fourth-order valence-corrected chi connectivity index (χ4v) is 2.25. The zero-order valence-corrected chi connectivity index (χ0v) is 10.2. The molecule has 0 aliphatic carbocycles. The van der Waals surface area contributed by atoms with Crippen molar-refractivity contribution in [3.05, 3.63) is 36.9 Å².